The first-order chi connectivity index (χ1) is 22.5. The number of rotatable bonds is 11. The van der Waals surface area contributed by atoms with Gasteiger partial charge in [-0.05, 0) is 66.1 Å². The maximum absolute atomic E-state index is 13.7. The topological polar surface area (TPSA) is 89.7 Å². The van der Waals surface area contributed by atoms with Crippen LogP contribution in [0.2, 0.25) is 0 Å². The highest BCUT2D eigenvalue weighted by molar-refractivity contribution is 6.46. The van der Waals surface area contributed by atoms with Gasteiger partial charge in [0.15, 0.2) is 0 Å². The first kappa shape index (κ1) is 31.1. The monoisotopic (exact) mass is 619 g/mol. The molecule has 4 aromatic carbocycles. The molecule has 6 rings (SSSR count). The summed E-state index contributed by atoms with van der Waals surface area (Å²) in [4.78, 5) is 30.3. The van der Waals surface area contributed by atoms with E-state index in [0.29, 0.717) is 47.9 Å². The highest BCUT2D eigenvalue weighted by atomic mass is 16.5. The first-order valence-corrected chi connectivity index (χ1v) is 15.8. The molecular formula is C38H39N2O6+. The number of benzene rings is 4. The lowest BCUT2D eigenvalue weighted by atomic mass is 9.94. The van der Waals surface area contributed by atoms with E-state index >= 15 is 0 Å². The van der Waals surface area contributed by atoms with E-state index in [1.807, 2.05) is 91.9 Å². The predicted octanol–water partition coefficient (Wildman–Crippen LogP) is 5.09. The molecule has 2 aliphatic rings. The smallest absolute Gasteiger partial charge is 0.295 e. The summed E-state index contributed by atoms with van der Waals surface area (Å²) in [5.74, 6) is 0.399. The molecule has 2 aliphatic heterocycles. The zero-order valence-corrected chi connectivity index (χ0v) is 26.0. The number of hydrogen-bond acceptors (Lipinski definition) is 6. The third-order valence-corrected chi connectivity index (χ3v) is 8.51. The van der Waals surface area contributed by atoms with E-state index in [1.165, 1.54) is 4.90 Å². The fourth-order valence-electron chi connectivity index (χ4n) is 6.09. The summed E-state index contributed by atoms with van der Waals surface area (Å²) < 4.78 is 17.6. The number of carbonyl (C=O) groups is 2. The van der Waals surface area contributed by atoms with Crippen molar-refractivity contribution in [2.75, 3.05) is 39.4 Å². The van der Waals surface area contributed by atoms with Gasteiger partial charge in [0.2, 0.25) is 0 Å². The minimum Gasteiger partial charge on any atom is -0.507 e. The number of morpholine rings is 1. The van der Waals surface area contributed by atoms with E-state index in [9.17, 15) is 14.7 Å². The summed E-state index contributed by atoms with van der Waals surface area (Å²) in [5, 5.41) is 11.7. The number of aliphatic hydroxyl groups is 1. The molecule has 0 aliphatic carbocycles. The second kappa shape index (κ2) is 14.5. The Morgan fingerprint density at radius 3 is 2.35 bits per heavy atom. The van der Waals surface area contributed by atoms with Crippen LogP contribution < -0.4 is 14.4 Å². The lowest BCUT2D eigenvalue weighted by Crippen LogP contribution is -3.14. The molecule has 0 spiro atoms. The fraction of sp³-hybridized carbons (Fsp3) is 0.263. The molecule has 8 nitrogen and oxygen atoms in total. The number of Topliss-reactive ketones (excluding diaryl/α,β-unsaturated/α-hetero) is 1. The number of para-hydroxylation sites is 1. The van der Waals surface area contributed by atoms with Crippen LogP contribution in [0.1, 0.15) is 34.7 Å². The van der Waals surface area contributed by atoms with Crippen molar-refractivity contribution in [2.45, 2.75) is 26.0 Å². The van der Waals surface area contributed by atoms with Gasteiger partial charge in [0.1, 0.15) is 42.7 Å². The number of aliphatic hydroxyl groups excluding tert-OH is 1. The van der Waals surface area contributed by atoms with Gasteiger partial charge >= 0.3 is 0 Å². The molecule has 0 aromatic heterocycles. The maximum atomic E-state index is 13.7. The molecule has 0 bridgehead atoms. The molecule has 2 heterocycles. The minimum absolute atomic E-state index is 0.0675. The number of aryl methyl sites for hydroxylation is 1. The predicted molar refractivity (Wildman–Crippen MR) is 175 cm³/mol. The van der Waals surface area contributed by atoms with Crippen molar-refractivity contribution in [2.24, 2.45) is 0 Å². The van der Waals surface area contributed by atoms with Gasteiger partial charge in [0.05, 0.1) is 31.4 Å². The van der Waals surface area contributed by atoms with Gasteiger partial charge in [-0.3, -0.25) is 9.59 Å². The number of ether oxygens (including phenoxy) is 3. The van der Waals surface area contributed by atoms with Crippen LogP contribution in [0.5, 0.6) is 17.2 Å². The Balaban J connectivity index is 1.31. The van der Waals surface area contributed by atoms with E-state index in [0.717, 1.165) is 44.0 Å². The summed E-state index contributed by atoms with van der Waals surface area (Å²) in [6, 6.07) is 31.2. The summed E-state index contributed by atoms with van der Waals surface area (Å²) in [5.41, 5.74) is 3.05. The van der Waals surface area contributed by atoms with Gasteiger partial charge in [-0.2, -0.15) is 0 Å². The normalized spacial score (nSPS) is 18.1. The number of ketones is 1. The Labute approximate surface area is 269 Å². The largest absolute Gasteiger partial charge is 0.507 e. The van der Waals surface area contributed by atoms with Crippen LogP contribution >= 0.6 is 0 Å². The number of quaternary nitrogens is 1. The minimum atomic E-state index is -0.770. The van der Waals surface area contributed by atoms with E-state index in [4.69, 9.17) is 14.2 Å². The molecule has 4 aromatic rings. The molecular weight excluding hydrogens is 580 g/mol. The third kappa shape index (κ3) is 7.14. The Kier molecular flexibility index (Phi) is 9.76. The number of nitrogens with one attached hydrogen (secondary N) is 1. The van der Waals surface area contributed by atoms with Crippen molar-refractivity contribution in [3.05, 3.63) is 131 Å². The second-order valence-corrected chi connectivity index (χ2v) is 11.7. The summed E-state index contributed by atoms with van der Waals surface area (Å²) >= 11 is 0. The third-order valence-electron chi connectivity index (χ3n) is 8.51. The molecule has 236 valence electrons. The van der Waals surface area contributed by atoms with Crippen LogP contribution in [-0.4, -0.2) is 61.1 Å². The average Bonchev–Trinajstić information content (AvgIpc) is 3.34. The van der Waals surface area contributed by atoms with E-state index in [-0.39, 0.29) is 11.3 Å². The van der Waals surface area contributed by atoms with E-state index in [1.54, 1.807) is 23.1 Å². The van der Waals surface area contributed by atoms with Gasteiger partial charge in [0, 0.05) is 18.5 Å². The summed E-state index contributed by atoms with van der Waals surface area (Å²) in [6.45, 7) is 6.84. The van der Waals surface area contributed by atoms with Crippen LogP contribution in [-0.2, 0) is 20.9 Å². The molecule has 1 amide bonds. The van der Waals surface area contributed by atoms with Gasteiger partial charge in [-0.1, -0.05) is 60.7 Å². The maximum Gasteiger partial charge on any atom is 0.295 e. The Morgan fingerprint density at radius 2 is 1.61 bits per heavy atom. The molecule has 2 saturated heterocycles. The van der Waals surface area contributed by atoms with E-state index in [2.05, 4.69) is 0 Å². The van der Waals surface area contributed by atoms with Crippen LogP contribution in [0.15, 0.2) is 109 Å². The molecule has 2 fully saturated rings. The van der Waals surface area contributed by atoms with Crippen LogP contribution in [0, 0.1) is 6.92 Å². The van der Waals surface area contributed by atoms with Crippen LogP contribution in [0.4, 0.5) is 0 Å². The molecule has 0 saturated carbocycles. The van der Waals surface area contributed by atoms with Crippen molar-refractivity contribution >= 4 is 17.4 Å². The van der Waals surface area contributed by atoms with Crippen LogP contribution in [0.25, 0.3) is 5.76 Å². The van der Waals surface area contributed by atoms with Crippen molar-refractivity contribution in [1.82, 2.24) is 4.90 Å². The average molecular weight is 620 g/mol. The van der Waals surface area contributed by atoms with Crippen molar-refractivity contribution < 1.29 is 33.8 Å². The van der Waals surface area contributed by atoms with Gasteiger partial charge in [-0.25, -0.2) is 0 Å². The van der Waals surface area contributed by atoms with Gasteiger partial charge < -0.3 is 29.1 Å². The number of nitrogens with zero attached hydrogens (tertiary/aromatic N) is 1. The molecule has 46 heavy (non-hydrogen) atoms. The highest BCUT2D eigenvalue weighted by Gasteiger charge is 2.46. The standard InChI is InChI=1S/C38H38N2O6/c1-27-24-30(16-17-33(27)45-26-28-10-4-2-5-11-28)36(41)34-35(29-12-8-15-32(25-29)46-31-13-6-3-7-14-31)40(38(43)37(34)42)19-9-18-39-20-22-44-23-21-39/h2-8,10-17,24-25,35,41H,9,18-23,26H2,1H3/p+1/t35-/m1/s1. The fourth-order valence-corrected chi connectivity index (χ4v) is 6.09. The highest BCUT2D eigenvalue weighted by Crippen LogP contribution is 2.41. The van der Waals surface area contributed by atoms with Crippen molar-refractivity contribution in [3.8, 4) is 17.2 Å². The molecule has 0 unspecified atom stereocenters. The Morgan fingerprint density at radius 1 is 0.891 bits per heavy atom. The van der Waals surface area contributed by atoms with Crippen LogP contribution in [0.3, 0.4) is 0 Å². The first-order valence-electron chi connectivity index (χ1n) is 15.8. The SMILES string of the molecule is Cc1cc(C(O)=C2C(=O)C(=O)N(CCC[NH+]3CCOCC3)[C@@H]2c2cccc(Oc3ccccc3)c2)ccc1OCc1ccccc1. The van der Waals surface area contributed by atoms with Gasteiger partial charge in [0.25, 0.3) is 11.7 Å². The Bertz CT molecular complexity index is 1700. The lowest BCUT2D eigenvalue weighted by molar-refractivity contribution is -0.908. The number of amides is 1. The zero-order chi connectivity index (χ0) is 31.9. The quantitative estimate of drug-likeness (QED) is 0.138. The molecule has 2 N–H and O–H groups in total. The zero-order valence-electron chi connectivity index (χ0n) is 26.0. The van der Waals surface area contributed by atoms with Crippen molar-refractivity contribution in [1.29, 1.82) is 0 Å². The van der Waals surface area contributed by atoms with Crippen molar-refractivity contribution in [3.63, 3.8) is 0 Å². The number of carbonyl (C=O) groups excluding carboxylic acids is 2. The van der Waals surface area contributed by atoms with Gasteiger partial charge in [-0.15, -0.1) is 0 Å². The Hall–Kier alpha value is -4.92. The molecule has 1 atom stereocenters. The lowest BCUT2D eigenvalue weighted by Gasteiger charge is -2.28. The summed E-state index contributed by atoms with van der Waals surface area (Å²) in [6.07, 6.45) is 0.714. The van der Waals surface area contributed by atoms with E-state index < -0.39 is 17.7 Å². The molecule has 8 heteroatoms. The number of hydrogen-bond donors (Lipinski definition) is 2. The number of likely N-dealkylation sites (tertiary alicyclic amines) is 1. The molecule has 0 radical (unpaired) electrons. The summed E-state index contributed by atoms with van der Waals surface area (Å²) in [7, 11) is 0. The second-order valence-electron chi connectivity index (χ2n) is 11.7.